The number of nitrogens with one attached hydrogen (secondary N) is 1. The Hall–Kier alpha value is -4.11. The molecule has 0 aliphatic carbocycles. The average Bonchev–Trinajstić information content (AvgIpc) is 3.25. The predicted molar refractivity (Wildman–Crippen MR) is 130 cm³/mol. The minimum atomic E-state index is -0.596. The third-order valence-corrected chi connectivity index (χ3v) is 6.30. The van der Waals surface area contributed by atoms with Crippen molar-refractivity contribution in [2.24, 2.45) is 0 Å². The Balaban J connectivity index is 1.46. The lowest BCUT2D eigenvalue weighted by Gasteiger charge is -2.23. The van der Waals surface area contributed by atoms with Gasteiger partial charge in [0.25, 0.3) is 5.56 Å². The number of imidazole rings is 1. The molecular formula is C26H23FN6O2. The van der Waals surface area contributed by atoms with E-state index in [0.717, 1.165) is 31.6 Å². The smallest absolute Gasteiger partial charge is 0.277 e. The fraction of sp³-hybridized carbons (Fsp3) is 0.231. The third-order valence-electron chi connectivity index (χ3n) is 6.30. The van der Waals surface area contributed by atoms with Crippen LogP contribution in [-0.4, -0.2) is 37.5 Å². The van der Waals surface area contributed by atoms with E-state index in [9.17, 15) is 4.79 Å². The maximum Gasteiger partial charge on any atom is 0.277 e. The summed E-state index contributed by atoms with van der Waals surface area (Å²) < 4.78 is 24.5. The van der Waals surface area contributed by atoms with E-state index in [-0.39, 0.29) is 11.4 Å². The van der Waals surface area contributed by atoms with Crippen LogP contribution in [0.5, 0.6) is 11.5 Å². The lowest BCUT2D eigenvalue weighted by atomic mass is 10.0. The molecule has 1 aliphatic heterocycles. The normalized spacial score (nSPS) is 14.6. The highest BCUT2D eigenvalue weighted by atomic mass is 19.1. The molecule has 0 amide bonds. The largest absolute Gasteiger partial charge is 0.453 e. The maximum atomic E-state index is 15.4. The van der Waals surface area contributed by atoms with Crippen LogP contribution < -0.4 is 15.6 Å². The number of ether oxygens (including phenoxy) is 1. The average molecular weight is 471 g/mol. The summed E-state index contributed by atoms with van der Waals surface area (Å²) in [5, 5.41) is 12.8. The summed E-state index contributed by atoms with van der Waals surface area (Å²) in [6.07, 6.45) is 4.92. The number of hydrogen-bond donors (Lipinski definition) is 1. The number of rotatable bonds is 4. The Morgan fingerprint density at radius 1 is 1.11 bits per heavy atom. The third kappa shape index (κ3) is 3.93. The number of piperidine rings is 1. The number of para-hydroxylation sites is 1. The number of aromatic nitrogens is 5. The van der Waals surface area contributed by atoms with Crippen LogP contribution in [0.25, 0.3) is 27.7 Å². The Morgan fingerprint density at radius 2 is 1.91 bits per heavy atom. The van der Waals surface area contributed by atoms with Gasteiger partial charge < -0.3 is 10.1 Å². The highest BCUT2D eigenvalue weighted by Crippen LogP contribution is 2.31. The van der Waals surface area contributed by atoms with Crippen molar-refractivity contribution in [2.45, 2.75) is 25.8 Å². The Labute approximate surface area is 200 Å². The molecule has 5 aromatic rings. The van der Waals surface area contributed by atoms with Crippen LogP contribution in [0.4, 0.5) is 4.39 Å². The van der Waals surface area contributed by atoms with Crippen molar-refractivity contribution in [3.05, 3.63) is 82.8 Å². The van der Waals surface area contributed by atoms with Crippen molar-refractivity contribution in [1.29, 1.82) is 0 Å². The molecule has 8 nitrogen and oxygen atoms in total. The molecule has 176 valence electrons. The number of halogens is 1. The minimum absolute atomic E-state index is 0.0292. The minimum Gasteiger partial charge on any atom is -0.453 e. The van der Waals surface area contributed by atoms with E-state index < -0.39 is 11.4 Å². The van der Waals surface area contributed by atoms with Gasteiger partial charge in [0.1, 0.15) is 11.6 Å². The molecule has 35 heavy (non-hydrogen) atoms. The molecule has 6 rings (SSSR count). The van der Waals surface area contributed by atoms with E-state index in [1.807, 2.05) is 37.3 Å². The van der Waals surface area contributed by atoms with Crippen LogP contribution in [0.2, 0.25) is 0 Å². The summed E-state index contributed by atoms with van der Waals surface area (Å²) in [5.74, 6) is 0.552. The van der Waals surface area contributed by atoms with Gasteiger partial charge in [0.05, 0.1) is 35.2 Å². The van der Waals surface area contributed by atoms with Crippen molar-refractivity contribution in [2.75, 3.05) is 13.1 Å². The summed E-state index contributed by atoms with van der Waals surface area (Å²) >= 11 is 0. The second-order valence-electron chi connectivity index (χ2n) is 8.76. The topological polar surface area (TPSA) is 86.3 Å². The van der Waals surface area contributed by atoms with E-state index in [1.54, 1.807) is 29.0 Å². The fourth-order valence-electron chi connectivity index (χ4n) is 4.60. The van der Waals surface area contributed by atoms with E-state index in [0.29, 0.717) is 33.8 Å². The quantitative estimate of drug-likeness (QED) is 0.422. The van der Waals surface area contributed by atoms with Crippen LogP contribution in [0, 0.1) is 12.7 Å². The number of aryl methyl sites for hydroxylation is 1. The molecule has 0 bridgehead atoms. The number of nitrogens with zero attached hydrogens (tertiary/aromatic N) is 5. The van der Waals surface area contributed by atoms with Crippen molar-refractivity contribution in [1.82, 2.24) is 29.7 Å². The monoisotopic (exact) mass is 470 g/mol. The Morgan fingerprint density at radius 3 is 2.71 bits per heavy atom. The van der Waals surface area contributed by atoms with Crippen molar-refractivity contribution in [3.63, 3.8) is 0 Å². The zero-order valence-electron chi connectivity index (χ0n) is 19.1. The standard InChI is InChI=1S/C26H23FN6O2/c1-16-15-32-25(30-16)23(35-20-5-3-2-4-6-20)13-22(31-32)17-11-18-14-29-33(19-7-9-28-10-8-19)26(34)24(18)21(27)12-17/h2-6,11-15,19,28H,7-10H2,1H3. The van der Waals surface area contributed by atoms with Gasteiger partial charge in [-0.1, -0.05) is 18.2 Å². The van der Waals surface area contributed by atoms with E-state index in [1.165, 1.54) is 10.7 Å². The lowest BCUT2D eigenvalue weighted by Crippen LogP contribution is -2.35. The van der Waals surface area contributed by atoms with Crippen molar-refractivity contribution in [3.8, 4) is 22.8 Å². The Bertz CT molecular complexity index is 1610. The SMILES string of the molecule is Cc1cn2nc(-c3cc(F)c4c(=O)n(C5CCNCC5)ncc4c3)cc(Oc3ccccc3)c2n1. The molecule has 2 aromatic carbocycles. The molecule has 1 aliphatic rings. The summed E-state index contributed by atoms with van der Waals surface area (Å²) in [7, 11) is 0. The van der Waals surface area contributed by atoms with Gasteiger partial charge in [0, 0.05) is 17.0 Å². The first kappa shape index (κ1) is 21.4. The number of hydrogen-bond acceptors (Lipinski definition) is 6. The van der Waals surface area contributed by atoms with Crippen molar-refractivity contribution >= 4 is 16.4 Å². The van der Waals surface area contributed by atoms with Gasteiger partial charge in [-0.2, -0.15) is 10.2 Å². The van der Waals surface area contributed by atoms with Crippen LogP contribution in [0.15, 0.2) is 65.7 Å². The second kappa shape index (κ2) is 8.59. The fourth-order valence-corrected chi connectivity index (χ4v) is 4.60. The van der Waals surface area contributed by atoms with E-state index in [4.69, 9.17) is 4.74 Å². The van der Waals surface area contributed by atoms with Gasteiger partial charge in [-0.3, -0.25) is 4.79 Å². The summed E-state index contributed by atoms with van der Waals surface area (Å²) in [6, 6.07) is 14.2. The second-order valence-corrected chi connectivity index (χ2v) is 8.76. The maximum absolute atomic E-state index is 15.4. The van der Waals surface area contributed by atoms with Gasteiger partial charge in [0.2, 0.25) is 0 Å². The van der Waals surface area contributed by atoms with Gasteiger partial charge in [-0.25, -0.2) is 18.6 Å². The first-order chi connectivity index (χ1) is 17.1. The van der Waals surface area contributed by atoms with Crippen LogP contribution in [0.3, 0.4) is 0 Å². The molecule has 0 unspecified atom stereocenters. The molecule has 1 N–H and O–H groups in total. The molecule has 1 fully saturated rings. The first-order valence-electron chi connectivity index (χ1n) is 11.6. The molecule has 0 saturated carbocycles. The molecule has 1 saturated heterocycles. The summed E-state index contributed by atoms with van der Waals surface area (Å²) in [4.78, 5) is 17.6. The van der Waals surface area contributed by atoms with Gasteiger partial charge in [-0.15, -0.1) is 0 Å². The van der Waals surface area contributed by atoms with Crippen LogP contribution >= 0.6 is 0 Å². The van der Waals surface area contributed by atoms with Crippen LogP contribution in [-0.2, 0) is 0 Å². The predicted octanol–water partition coefficient (Wildman–Crippen LogP) is 4.27. The van der Waals surface area contributed by atoms with Gasteiger partial charge >= 0.3 is 0 Å². The molecule has 3 aromatic heterocycles. The van der Waals surface area contributed by atoms with Gasteiger partial charge in [-0.05, 0) is 57.1 Å². The zero-order chi connectivity index (χ0) is 23.9. The van der Waals surface area contributed by atoms with Crippen molar-refractivity contribution < 1.29 is 9.13 Å². The Kier molecular flexibility index (Phi) is 5.26. The molecule has 0 spiro atoms. The molecule has 0 radical (unpaired) electrons. The highest BCUT2D eigenvalue weighted by Gasteiger charge is 2.21. The van der Waals surface area contributed by atoms with E-state index in [2.05, 4.69) is 20.5 Å². The highest BCUT2D eigenvalue weighted by molar-refractivity contribution is 5.86. The molecular weight excluding hydrogens is 447 g/mol. The molecule has 9 heteroatoms. The lowest BCUT2D eigenvalue weighted by molar-refractivity contribution is 0.333. The summed E-state index contributed by atoms with van der Waals surface area (Å²) in [6.45, 7) is 3.50. The number of fused-ring (bicyclic) bond motifs is 2. The molecule has 0 atom stereocenters. The first-order valence-corrected chi connectivity index (χ1v) is 11.6. The van der Waals surface area contributed by atoms with Gasteiger partial charge in [0.15, 0.2) is 11.4 Å². The summed E-state index contributed by atoms with van der Waals surface area (Å²) in [5.41, 5.74) is 1.94. The zero-order valence-corrected chi connectivity index (χ0v) is 19.1. The van der Waals surface area contributed by atoms with Crippen LogP contribution in [0.1, 0.15) is 24.6 Å². The number of benzene rings is 2. The van der Waals surface area contributed by atoms with E-state index >= 15 is 4.39 Å². The molecule has 4 heterocycles.